The van der Waals surface area contributed by atoms with Gasteiger partial charge in [-0.05, 0) is 43.2 Å². The van der Waals surface area contributed by atoms with E-state index < -0.39 is 5.97 Å². The molecule has 2 N–H and O–H groups in total. The van der Waals surface area contributed by atoms with Gasteiger partial charge in [-0.15, -0.1) is 0 Å². The number of anilines is 1. The highest BCUT2D eigenvalue weighted by atomic mass is 16.4. The van der Waals surface area contributed by atoms with Gasteiger partial charge in [0.15, 0.2) is 0 Å². The van der Waals surface area contributed by atoms with Crippen LogP contribution in [0.4, 0.5) is 5.69 Å². The molecular formula is C14H15NO3. The SMILES string of the molecule is O=C(O)c1ccccc1NC(=O)C1CC2CC2C1. The standard InChI is InChI=1S/C14H15NO3/c16-13(10-6-8-5-9(8)7-10)15-12-4-2-1-3-11(12)14(17)18/h1-4,8-10H,5-7H2,(H,15,16)(H,17,18). The van der Waals surface area contributed by atoms with Gasteiger partial charge >= 0.3 is 5.97 Å². The van der Waals surface area contributed by atoms with E-state index in [0.29, 0.717) is 5.69 Å². The number of carboxylic acids is 1. The Morgan fingerprint density at radius 1 is 1.11 bits per heavy atom. The van der Waals surface area contributed by atoms with E-state index in [1.807, 2.05) is 0 Å². The van der Waals surface area contributed by atoms with Gasteiger partial charge in [-0.1, -0.05) is 12.1 Å². The molecule has 0 radical (unpaired) electrons. The minimum absolute atomic E-state index is 0.0316. The third-order valence-corrected chi connectivity index (χ3v) is 4.03. The van der Waals surface area contributed by atoms with Crippen LogP contribution in [-0.2, 0) is 4.79 Å². The Hall–Kier alpha value is -1.84. The Labute approximate surface area is 105 Å². The number of fused-ring (bicyclic) bond motifs is 1. The monoisotopic (exact) mass is 245 g/mol. The van der Waals surface area contributed by atoms with Crippen molar-refractivity contribution >= 4 is 17.6 Å². The first kappa shape index (κ1) is 11.3. The molecule has 1 aromatic carbocycles. The number of carboxylic acid groups (broad SMARTS) is 1. The Balaban J connectivity index is 1.72. The lowest BCUT2D eigenvalue weighted by atomic mass is 10.0. The van der Waals surface area contributed by atoms with E-state index in [4.69, 9.17) is 5.11 Å². The number of carbonyl (C=O) groups is 2. The number of amides is 1. The van der Waals surface area contributed by atoms with Crippen LogP contribution >= 0.6 is 0 Å². The van der Waals surface area contributed by atoms with Crippen LogP contribution in [0, 0.1) is 17.8 Å². The average Bonchev–Trinajstić information content (AvgIpc) is 2.96. The van der Waals surface area contributed by atoms with Crippen molar-refractivity contribution in [2.45, 2.75) is 19.3 Å². The first-order valence-corrected chi connectivity index (χ1v) is 6.28. The summed E-state index contributed by atoms with van der Waals surface area (Å²) in [4.78, 5) is 23.1. The van der Waals surface area contributed by atoms with Crippen molar-refractivity contribution in [2.75, 3.05) is 5.32 Å². The number of benzene rings is 1. The van der Waals surface area contributed by atoms with Crippen LogP contribution in [0.3, 0.4) is 0 Å². The lowest BCUT2D eigenvalue weighted by Gasteiger charge is -2.13. The first-order valence-electron chi connectivity index (χ1n) is 6.28. The number of carbonyl (C=O) groups excluding carboxylic acids is 1. The van der Waals surface area contributed by atoms with E-state index in [-0.39, 0.29) is 17.4 Å². The van der Waals surface area contributed by atoms with Gasteiger partial charge in [0.25, 0.3) is 0 Å². The summed E-state index contributed by atoms with van der Waals surface area (Å²) < 4.78 is 0. The van der Waals surface area contributed by atoms with Crippen molar-refractivity contribution in [3.8, 4) is 0 Å². The summed E-state index contributed by atoms with van der Waals surface area (Å²) >= 11 is 0. The highest BCUT2D eigenvalue weighted by Crippen LogP contribution is 2.54. The molecule has 94 valence electrons. The minimum atomic E-state index is -1.01. The molecule has 2 saturated carbocycles. The molecular weight excluding hydrogens is 230 g/mol. The summed E-state index contributed by atoms with van der Waals surface area (Å²) in [7, 11) is 0. The number of para-hydroxylation sites is 1. The predicted molar refractivity (Wildman–Crippen MR) is 66.4 cm³/mol. The number of aromatic carboxylic acids is 1. The summed E-state index contributed by atoms with van der Waals surface area (Å²) in [6.07, 6.45) is 3.20. The quantitative estimate of drug-likeness (QED) is 0.859. The number of hydrogen-bond acceptors (Lipinski definition) is 2. The second-order valence-electron chi connectivity index (χ2n) is 5.26. The molecule has 0 aromatic heterocycles. The zero-order valence-corrected chi connectivity index (χ0v) is 9.93. The van der Waals surface area contributed by atoms with E-state index in [1.54, 1.807) is 18.2 Å². The lowest BCUT2D eigenvalue weighted by molar-refractivity contribution is -0.120. The van der Waals surface area contributed by atoms with E-state index in [2.05, 4.69) is 5.32 Å². The van der Waals surface area contributed by atoms with Crippen molar-refractivity contribution in [3.63, 3.8) is 0 Å². The van der Waals surface area contributed by atoms with E-state index in [9.17, 15) is 9.59 Å². The normalized spacial score (nSPS) is 28.6. The highest BCUT2D eigenvalue weighted by molar-refractivity contribution is 6.01. The van der Waals surface area contributed by atoms with Gasteiger partial charge in [0.1, 0.15) is 0 Å². The molecule has 0 saturated heterocycles. The topological polar surface area (TPSA) is 66.4 Å². The Bertz CT molecular complexity index is 502. The fourth-order valence-corrected chi connectivity index (χ4v) is 2.94. The minimum Gasteiger partial charge on any atom is -0.478 e. The molecule has 1 amide bonds. The second-order valence-corrected chi connectivity index (χ2v) is 5.26. The maximum atomic E-state index is 12.1. The van der Waals surface area contributed by atoms with Crippen molar-refractivity contribution in [2.24, 2.45) is 17.8 Å². The Kier molecular flexibility index (Phi) is 2.58. The van der Waals surface area contributed by atoms with Gasteiger partial charge in [0, 0.05) is 5.92 Å². The number of rotatable bonds is 3. The third kappa shape index (κ3) is 1.98. The van der Waals surface area contributed by atoms with Crippen LogP contribution in [0.1, 0.15) is 29.6 Å². The van der Waals surface area contributed by atoms with E-state index in [1.165, 1.54) is 12.5 Å². The number of nitrogens with one attached hydrogen (secondary N) is 1. The molecule has 2 atom stereocenters. The van der Waals surface area contributed by atoms with Gasteiger partial charge < -0.3 is 10.4 Å². The predicted octanol–water partition coefficient (Wildman–Crippen LogP) is 2.37. The van der Waals surface area contributed by atoms with Crippen LogP contribution in [0.5, 0.6) is 0 Å². The van der Waals surface area contributed by atoms with Crippen molar-refractivity contribution < 1.29 is 14.7 Å². The Morgan fingerprint density at radius 3 is 2.44 bits per heavy atom. The molecule has 0 aliphatic heterocycles. The van der Waals surface area contributed by atoms with Crippen LogP contribution in [-0.4, -0.2) is 17.0 Å². The summed E-state index contributed by atoms with van der Waals surface area (Å²) in [5.74, 6) is 0.512. The van der Waals surface area contributed by atoms with Gasteiger partial charge in [-0.2, -0.15) is 0 Å². The molecule has 1 aromatic rings. The number of hydrogen-bond donors (Lipinski definition) is 2. The maximum absolute atomic E-state index is 12.1. The van der Waals surface area contributed by atoms with Crippen LogP contribution < -0.4 is 5.32 Å². The summed E-state index contributed by atoms with van der Waals surface area (Å²) in [6.45, 7) is 0. The summed E-state index contributed by atoms with van der Waals surface area (Å²) in [6, 6.07) is 6.53. The maximum Gasteiger partial charge on any atom is 0.337 e. The van der Waals surface area contributed by atoms with Crippen LogP contribution in [0.15, 0.2) is 24.3 Å². The van der Waals surface area contributed by atoms with Crippen molar-refractivity contribution in [1.29, 1.82) is 0 Å². The highest BCUT2D eigenvalue weighted by Gasteiger charge is 2.48. The molecule has 0 bridgehead atoms. The largest absolute Gasteiger partial charge is 0.478 e. The summed E-state index contributed by atoms with van der Waals surface area (Å²) in [5.41, 5.74) is 0.546. The molecule has 3 rings (SSSR count). The molecule has 2 fully saturated rings. The average molecular weight is 245 g/mol. The van der Waals surface area contributed by atoms with Gasteiger partial charge in [-0.25, -0.2) is 4.79 Å². The van der Waals surface area contributed by atoms with Crippen LogP contribution in [0.2, 0.25) is 0 Å². The van der Waals surface area contributed by atoms with Gasteiger partial charge in [0.05, 0.1) is 11.3 Å². The molecule has 18 heavy (non-hydrogen) atoms. The fraction of sp³-hybridized carbons (Fsp3) is 0.429. The van der Waals surface area contributed by atoms with Gasteiger partial charge in [0.2, 0.25) is 5.91 Å². The van der Waals surface area contributed by atoms with Crippen molar-refractivity contribution in [1.82, 2.24) is 0 Å². The molecule has 2 aliphatic carbocycles. The van der Waals surface area contributed by atoms with Crippen LogP contribution in [0.25, 0.3) is 0 Å². The molecule has 2 unspecified atom stereocenters. The molecule has 0 heterocycles. The molecule has 4 heteroatoms. The smallest absolute Gasteiger partial charge is 0.337 e. The van der Waals surface area contributed by atoms with E-state index >= 15 is 0 Å². The first-order chi connectivity index (χ1) is 8.65. The second kappa shape index (κ2) is 4.12. The molecule has 0 spiro atoms. The zero-order chi connectivity index (χ0) is 12.7. The van der Waals surface area contributed by atoms with E-state index in [0.717, 1.165) is 24.7 Å². The fourth-order valence-electron chi connectivity index (χ4n) is 2.94. The lowest BCUT2D eigenvalue weighted by Crippen LogP contribution is -2.22. The Morgan fingerprint density at radius 2 is 1.78 bits per heavy atom. The zero-order valence-electron chi connectivity index (χ0n) is 9.93. The molecule has 2 aliphatic rings. The third-order valence-electron chi connectivity index (χ3n) is 4.03. The van der Waals surface area contributed by atoms with Gasteiger partial charge in [-0.3, -0.25) is 4.79 Å². The molecule has 4 nitrogen and oxygen atoms in total. The summed E-state index contributed by atoms with van der Waals surface area (Å²) in [5, 5.41) is 11.8. The van der Waals surface area contributed by atoms with Crippen molar-refractivity contribution in [3.05, 3.63) is 29.8 Å².